The van der Waals surface area contributed by atoms with Crippen LogP contribution in [0.25, 0.3) is 0 Å². The molecule has 1 fully saturated rings. The maximum atomic E-state index is 14.0. The van der Waals surface area contributed by atoms with E-state index in [-0.39, 0.29) is 11.6 Å². The first-order chi connectivity index (χ1) is 17.9. The molecule has 1 heterocycles. The number of carbonyl (C=O) groups is 2. The van der Waals surface area contributed by atoms with E-state index in [0.29, 0.717) is 26.9 Å². The molecule has 0 radical (unpaired) electrons. The number of rotatable bonds is 7. The van der Waals surface area contributed by atoms with Gasteiger partial charge in [0.2, 0.25) is 0 Å². The zero-order valence-corrected chi connectivity index (χ0v) is 21.9. The average Bonchev–Trinajstić information content (AvgIpc) is 3.26. The zero-order valence-electron chi connectivity index (χ0n) is 19.5. The molecule has 3 unspecified atom stereocenters. The van der Waals surface area contributed by atoms with Crippen LogP contribution in [0.4, 0.5) is 5.69 Å². The third-order valence-corrected chi connectivity index (χ3v) is 8.46. The smallest absolute Gasteiger partial charge is 0.176 e. The second kappa shape index (κ2) is 11.1. The number of ketones is 2. The van der Waals surface area contributed by atoms with Crippen molar-refractivity contribution >= 4 is 52.2 Å². The molecular weight excluding hydrogens is 525 g/mol. The highest BCUT2D eigenvalue weighted by atomic mass is 35.5. The summed E-state index contributed by atoms with van der Waals surface area (Å²) in [5.41, 5.74) is 2.23. The number of thioether (sulfide) groups is 1. The Hall–Kier alpha value is -3.09. The molecule has 1 aliphatic rings. The lowest BCUT2D eigenvalue weighted by Crippen LogP contribution is -2.50. The van der Waals surface area contributed by atoms with Crippen LogP contribution in [0.15, 0.2) is 109 Å². The number of benzene rings is 4. The topological polar surface area (TPSA) is 60.4 Å². The van der Waals surface area contributed by atoms with Gasteiger partial charge in [-0.25, -0.2) is 0 Å². The summed E-state index contributed by atoms with van der Waals surface area (Å²) in [4.78, 5) is 29.7. The largest absolute Gasteiger partial charge is 0.835 e. The van der Waals surface area contributed by atoms with Crippen molar-refractivity contribution in [2.75, 3.05) is 4.90 Å². The fourth-order valence-corrected chi connectivity index (χ4v) is 6.47. The van der Waals surface area contributed by atoms with E-state index in [0.717, 1.165) is 5.56 Å². The molecule has 7 heteroatoms. The van der Waals surface area contributed by atoms with Crippen LogP contribution in [-0.4, -0.2) is 23.2 Å². The van der Waals surface area contributed by atoms with Gasteiger partial charge in [0.1, 0.15) is 5.92 Å². The molecular formula is C30H22Cl2NO3S-. The van der Waals surface area contributed by atoms with Crippen LogP contribution in [0, 0.1) is 5.92 Å². The molecule has 0 aliphatic carbocycles. The minimum atomic E-state index is -1.21. The van der Waals surface area contributed by atoms with E-state index in [2.05, 4.69) is 0 Å². The fourth-order valence-electron chi connectivity index (χ4n) is 4.56. The summed E-state index contributed by atoms with van der Waals surface area (Å²) in [6.07, 6.45) is -1.21. The van der Waals surface area contributed by atoms with E-state index < -0.39 is 22.8 Å². The van der Waals surface area contributed by atoms with Gasteiger partial charge in [0.05, 0.1) is 5.37 Å². The quantitative estimate of drug-likeness (QED) is 0.191. The van der Waals surface area contributed by atoms with Gasteiger partial charge in [-0.1, -0.05) is 71.7 Å². The number of nitrogens with zero attached hydrogens (tertiary/aromatic N) is 1. The summed E-state index contributed by atoms with van der Waals surface area (Å²) in [5.74, 6) is -1.87. The number of para-hydroxylation sites is 1. The van der Waals surface area contributed by atoms with Crippen LogP contribution in [0.5, 0.6) is 0 Å². The number of halogens is 2. The van der Waals surface area contributed by atoms with Gasteiger partial charge in [-0.2, -0.15) is 0 Å². The number of Topliss-reactive ketones (excluding diaryl/α,β-unsaturated/α-hetero) is 2. The van der Waals surface area contributed by atoms with Gasteiger partial charge in [-0.3, -0.25) is 9.59 Å². The molecule has 37 heavy (non-hydrogen) atoms. The molecule has 0 aromatic heterocycles. The number of anilines is 1. The maximum absolute atomic E-state index is 14.0. The van der Waals surface area contributed by atoms with E-state index >= 15 is 0 Å². The van der Waals surface area contributed by atoms with Crippen molar-refractivity contribution < 1.29 is 14.7 Å². The van der Waals surface area contributed by atoms with E-state index in [4.69, 9.17) is 23.2 Å². The zero-order chi connectivity index (χ0) is 25.9. The molecule has 4 aromatic rings. The molecule has 5 rings (SSSR count). The Labute approximate surface area is 229 Å². The van der Waals surface area contributed by atoms with Gasteiger partial charge in [0.15, 0.2) is 11.6 Å². The van der Waals surface area contributed by atoms with Crippen molar-refractivity contribution in [1.29, 1.82) is 0 Å². The highest BCUT2D eigenvalue weighted by Crippen LogP contribution is 2.49. The van der Waals surface area contributed by atoms with Crippen molar-refractivity contribution in [3.05, 3.63) is 136 Å². The van der Waals surface area contributed by atoms with Crippen molar-refractivity contribution in [3.63, 3.8) is 0 Å². The van der Waals surface area contributed by atoms with E-state index in [9.17, 15) is 14.7 Å². The molecule has 4 aromatic carbocycles. The lowest BCUT2D eigenvalue weighted by atomic mass is 9.88. The maximum Gasteiger partial charge on any atom is 0.176 e. The number of hydrogen-bond acceptors (Lipinski definition) is 5. The van der Waals surface area contributed by atoms with Crippen molar-refractivity contribution in [3.8, 4) is 0 Å². The van der Waals surface area contributed by atoms with E-state index in [1.165, 1.54) is 11.8 Å². The summed E-state index contributed by atoms with van der Waals surface area (Å²) in [6.45, 7) is 0. The monoisotopic (exact) mass is 546 g/mol. The van der Waals surface area contributed by atoms with Crippen LogP contribution in [0.2, 0.25) is 10.0 Å². The minimum absolute atomic E-state index is 0.357. The molecule has 0 N–H and O–H groups in total. The molecule has 3 atom stereocenters. The highest BCUT2D eigenvalue weighted by Gasteiger charge is 2.47. The van der Waals surface area contributed by atoms with Crippen molar-refractivity contribution in [1.82, 2.24) is 0 Å². The van der Waals surface area contributed by atoms with Gasteiger partial charge in [0, 0.05) is 32.1 Å². The van der Waals surface area contributed by atoms with Crippen molar-refractivity contribution in [2.24, 2.45) is 5.92 Å². The third kappa shape index (κ3) is 5.32. The van der Waals surface area contributed by atoms with Crippen LogP contribution in [-0.2, 0) is 0 Å². The Balaban J connectivity index is 1.63. The Morgan fingerprint density at radius 2 is 1.16 bits per heavy atom. The Morgan fingerprint density at radius 3 is 1.65 bits per heavy atom. The lowest BCUT2D eigenvalue weighted by Gasteiger charge is -2.39. The third-order valence-electron chi connectivity index (χ3n) is 6.38. The first-order valence-electron chi connectivity index (χ1n) is 11.7. The summed E-state index contributed by atoms with van der Waals surface area (Å²) in [7, 11) is 0. The first kappa shape index (κ1) is 25.6. The van der Waals surface area contributed by atoms with Crippen LogP contribution in [0.3, 0.4) is 0 Å². The predicted molar refractivity (Wildman–Crippen MR) is 148 cm³/mol. The second-order valence-corrected chi connectivity index (χ2v) is 10.8. The number of hydrogen-bond donors (Lipinski definition) is 0. The fraction of sp³-hybridized carbons (Fsp3) is 0.133. The van der Waals surface area contributed by atoms with Gasteiger partial charge in [0.25, 0.3) is 0 Å². The summed E-state index contributed by atoms with van der Waals surface area (Å²) in [6, 6.07) is 31.7. The first-order valence-corrected chi connectivity index (χ1v) is 13.4. The average molecular weight is 547 g/mol. The second-order valence-electron chi connectivity index (χ2n) is 8.71. The van der Waals surface area contributed by atoms with E-state index in [1.54, 1.807) is 53.4 Å². The molecule has 186 valence electrons. The molecule has 0 bridgehead atoms. The molecule has 1 saturated heterocycles. The normalized spacial score (nSPS) is 19.2. The van der Waals surface area contributed by atoms with Gasteiger partial charge in [-0.05, 0) is 72.5 Å². The Bertz CT molecular complexity index is 1320. The van der Waals surface area contributed by atoms with Crippen LogP contribution in [0.1, 0.15) is 31.5 Å². The summed E-state index contributed by atoms with van der Waals surface area (Å²) < 4.78 is 0. The van der Waals surface area contributed by atoms with Gasteiger partial charge < -0.3 is 10.0 Å². The van der Waals surface area contributed by atoms with E-state index in [1.807, 2.05) is 60.7 Å². The standard InChI is InChI=1S/C30H22Cl2NO3S/c31-22-15-11-19(12-16-22)26(34)25(27(35)20-13-17-23(32)18-14-20)30-33(24-9-5-2-6-10-24)29(36)28(37-30)21-7-3-1-4-8-21/h1-18,25,28-30H/q-1. The molecule has 1 aliphatic heterocycles. The van der Waals surface area contributed by atoms with Crippen molar-refractivity contribution in [2.45, 2.75) is 16.9 Å². The van der Waals surface area contributed by atoms with Gasteiger partial charge in [-0.15, -0.1) is 11.8 Å². The lowest BCUT2D eigenvalue weighted by molar-refractivity contribution is -0.417. The summed E-state index contributed by atoms with van der Waals surface area (Å²) >= 11 is 13.5. The Kier molecular flexibility index (Phi) is 7.68. The molecule has 4 nitrogen and oxygen atoms in total. The molecule has 0 saturated carbocycles. The minimum Gasteiger partial charge on any atom is -0.835 e. The van der Waals surface area contributed by atoms with Gasteiger partial charge >= 0.3 is 0 Å². The molecule has 0 amide bonds. The van der Waals surface area contributed by atoms with Crippen LogP contribution < -0.4 is 10.0 Å². The summed E-state index contributed by atoms with van der Waals surface area (Å²) in [5, 5.41) is 13.7. The SMILES string of the molecule is O=C(c1ccc(Cl)cc1)C(C(=O)c1ccc(Cl)cc1)C1SC(c2ccccc2)C([O-])N1c1ccccc1. The predicted octanol–water partition coefficient (Wildman–Crippen LogP) is 6.68. The highest BCUT2D eigenvalue weighted by molar-refractivity contribution is 8.00. The number of carbonyl (C=O) groups excluding carboxylic acids is 2. The van der Waals surface area contributed by atoms with Crippen LogP contribution >= 0.6 is 35.0 Å². The molecule has 0 spiro atoms. The Morgan fingerprint density at radius 1 is 0.703 bits per heavy atom.